The monoisotopic (exact) mass is 262 g/mol. The molecule has 0 radical (unpaired) electrons. The van der Waals surface area contributed by atoms with Gasteiger partial charge in [0.2, 0.25) is 0 Å². The molecule has 0 amide bonds. The zero-order valence-corrected chi connectivity index (χ0v) is 11.5. The Bertz CT molecular complexity index is 567. The van der Waals surface area contributed by atoms with Gasteiger partial charge in [-0.3, -0.25) is 4.68 Å². The summed E-state index contributed by atoms with van der Waals surface area (Å²) in [5.41, 5.74) is 1.89. The summed E-state index contributed by atoms with van der Waals surface area (Å²) in [5, 5.41) is 8.52. The molecule has 3 rings (SSSR count). The van der Waals surface area contributed by atoms with Gasteiger partial charge in [0.1, 0.15) is 5.69 Å². The quantitative estimate of drug-likeness (QED) is 0.847. The Labute approximate surface area is 111 Å². The number of aromatic nitrogens is 4. The maximum atomic E-state index is 5.36. The SMILES string of the molecule is CC(C)c1cc(-c2nc(C3CCOC3)no2)n(C)n1. The van der Waals surface area contributed by atoms with Crippen molar-refractivity contribution >= 4 is 0 Å². The average molecular weight is 262 g/mol. The Balaban J connectivity index is 1.89. The fourth-order valence-electron chi connectivity index (χ4n) is 2.21. The third-order valence-electron chi connectivity index (χ3n) is 3.45. The highest BCUT2D eigenvalue weighted by Crippen LogP contribution is 2.26. The van der Waals surface area contributed by atoms with Crippen molar-refractivity contribution in [1.82, 2.24) is 19.9 Å². The Morgan fingerprint density at radius 1 is 1.42 bits per heavy atom. The molecule has 2 aromatic heterocycles. The van der Waals surface area contributed by atoms with Crippen molar-refractivity contribution in [2.75, 3.05) is 13.2 Å². The fraction of sp³-hybridized carbons (Fsp3) is 0.615. The number of ether oxygens (including phenoxy) is 1. The number of hydrogen-bond acceptors (Lipinski definition) is 5. The van der Waals surface area contributed by atoms with Crippen LogP contribution in [0, 0.1) is 0 Å². The molecule has 0 saturated carbocycles. The summed E-state index contributed by atoms with van der Waals surface area (Å²) in [6, 6.07) is 2.01. The summed E-state index contributed by atoms with van der Waals surface area (Å²) < 4.78 is 12.5. The molecular weight excluding hydrogens is 244 g/mol. The van der Waals surface area contributed by atoms with Crippen LogP contribution in [0.2, 0.25) is 0 Å². The molecule has 2 aromatic rings. The molecule has 6 nitrogen and oxygen atoms in total. The first kappa shape index (κ1) is 12.3. The molecule has 0 spiro atoms. The predicted octanol–water partition coefficient (Wildman–Crippen LogP) is 2.10. The van der Waals surface area contributed by atoms with Crippen LogP contribution >= 0.6 is 0 Å². The van der Waals surface area contributed by atoms with Crippen LogP contribution in [0.25, 0.3) is 11.6 Å². The van der Waals surface area contributed by atoms with Gasteiger partial charge in [-0.1, -0.05) is 19.0 Å². The molecule has 1 unspecified atom stereocenters. The van der Waals surface area contributed by atoms with E-state index in [-0.39, 0.29) is 5.92 Å². The van der Waals surface area contributed by atoms with Crippen molar-refractivity contribution in [2.45, 2.75) is 32.1 Å². The third-order valence-corrected chi connectivity index (χ3v) is 3.45. The second kappa shape index (κ2) is 4.77. The first-order valence-electron chi connectivity index (χ1n) is 6.61. The van der Waals surface area contributed by atoms with Crippen LogP contribution in [0.4, 0.5) is 0 Å². The van der Waals surface area contributed by atoms with Crippen LogP contribution in [0.3, 0.4) is 0 Å². The minimum Gasteiger partial charge on any atom is -0.381 e. The van der Waals surface area contributed by atoms with Crippen LogP contribution in [-0.4, -0.2) is 33.1 Å². The maximum Gasteiger partial charge on any atom is 0.276 e. The molecule has 3 heterocycles. The van der Waals surface area contributed by atoms with E-state index in [4.69, 9.17) is 9.26 Å². The molecule has 1 fully saturated rings. The van der Waals surface area contributed by atoms with Crippen LogP contribution in [0.1, 0.15) is 43.6 Å². The first-order chi connectivity index (χ1) is 9.15. The van der Waals surface area contributed by atoms with Gasteiger partial charge in [0.15, 0.2) is 5.82 Å². The van der Waals surface area contributed by atoms with E-state index in [0.29, 0.717) is 18.4 Å². The van der Waals surface area contributed by atoms with E-state index in [1.807, 2.05) is 13.1 Å². The number of hydrogen-bond donors (Lipinski definition) is 0. The van der Waals surface area contributed by atoms with Crippen LogP contribution < -0.4 is 0 Å². The second-order valence-electron chi connectivity index (χ2n) is 5.25. The lowest BCUT2D eigenvalue weighted by molar-refractivity contribution is 0.192. The van der Waals surface area contributed by atoms with E-state index >= 15 is 0 Å². The van der Waals surface area contributed by atoms with Crippen LogP contribution in [-0.2, 0) is 11.8 Å². The van der Waals surface area contributed by atoms with Gasteiger partial charge in [0, 0.05) is 19.6 Å². The van der Waals surface area contributed by atoms with Crippen molar-refractivity contribution in [3.05, 3.63) is 17.6 Å². The highest BCUT2D eigenvalue weighted by atomic mass is 16.5. The zero-order valence-electron chi connectivity index (χ0n) is 11.5. The van der Waals surface area contributed by atoms with Gasteiger partial charge in [-0.25, -0.2) is 0 Å². The lowest BCUT2D eigenvalue weighted by Crippen LogP contribution is -2.00. The Morgan fingerprint density at radius 2 is 2.26 bits per heavy atom. The first-order valence-corrected chi connectivity index (χ1v) is 6.61. The van der Waals surface area contributed by atoms with E-state index in [0.717, 1.165) is 30.2 Å². The highest BCUT2D eigenvalue weighted by molar-refractivity contribution is 5.48. The average Bonchev–Trinajstić information content (AvgIpc) is 3.07. The summed E-state index contributed by atoms with van der Waals surface area (Å²) in [4.78, 5) is 4.48. The molecule has 1 atom stereocenters. The normalized spacial score (nSPS) is 19.5. The molecule has 102 valence electrons. The molecule has 1 aliphatic rings. The lowest BCUT2D eigenvalue weighted by atomic mass is 10.1. The summed E-state index contributed by atoms with van der Waals surface area (Å²) in [7, 11) is 1.89. The van der Waals surface area contributed by atoms with Crippen molar-refractivity contribution in [2.24, 2.45) is 7.05 Å². The van der Waals surface area contributed by atoms with E-state index < -0.39 is 0 Å². The standard InChI is InChI=1S/C13H18N4O2/c1-8(2)10-6-11(17(3)15-10)13-14-12(16-19-13)9-4-5-18-7-9/h6,8-9H,4-5,7H2,1-3H3. The topological polar surface area (TPSA) is 66.0 Å². The predicted molar refractivity (Wildman–Crippen MR) is 68.8 cm³/mol. The third kappa shape index (κ3) is 2.28. The van der Waals surface area contributed by atoms with E-state index in [2.05, 4.69) is 29.1 Å². The molecule has 0 N–H and O–H groups in total. The van der Waals surface area contributed by atoms with Crippen molar-refractivity contribution in [3.8, 4) is 11.6 Å². The van der Waals surface area contributed by atoms with Gasteiger partial charge in [0.05, 0.1) is 12.3 Å². The summed E-state index contributed by atoms with van der Waals surface area (Å²) in [6.07, 6.45) is 0.960. The van der Waals surface area contributed by atoms with Gasteiger partial charge in [-0.05, 0) is 18.4 Å². The van der Waals surface area contributed by atoms with Crippen molar-refractivity contribution < 1.29 is 9.26 Å². The minimum atomic E-state index is 0.260. The zero-order chi connectivity index (χ0) is 13.4. The van der Waals surface area contributed by atoms with E-state index in [1.165, 1.54) is 0 Å². The van der Waals surface area contributed by atoms with Gasteiger partial charge in [0.25, 0.3) is 5.89 Å². The highest BCUT2D eigenvalue weighted by Gasteiger charge is 2.24. The summed E-state index contributed by atoms with van der Waals surface area (Å²) >= 11 is 0. The number of nitrogens with zero attached hydrogens (tertiary/aromatic N) is 4. The van der Waals surface area contributed by atoms with Crippen LogP contribution in [0.5, 0.6) is 0 Å². The van der Waals surface area contributed by atoms with Gasteiger partial charge in [-0.15, -0.1) is 0 Å². The molecule has 0 bridgehead atoms. The molecule has 0 aromatic carbocycles. The smallest absolute Gasteiger partial charge is 0.276 e. The molecule has 1 saturated heterocycles. The Hall–Kier alpha value is -1.69. The van der Waals surface area contributed by atoms with Gasteiger partial charge in [-0.2, -0.15) is 10.1 Å². The minimum absolute atomic E-state index is 0.260. The Morgan fingerprint density at radius 3 is 2.89 bits per heavy atom. The van der Waals surface area contributed by atoms with E-state index in [1.54, 1.807) is 4.68 Å². The summed E-state index contributed by atoms with van der Waals surface area (Å²) in [6.45, 7) is 5.68. The molecule has 19 heavy (non-hydrogen) atoms. The summed E-state index contributed by atoms with van der Waals surface area (Å²) in [5.74, 6) is 1.91. The maximum absolute atomic E-state index is 5.36. The van der Waals surface area contributed by atoms with Crippen molar-refractivity contribution in [3.63, 3.8) is 0 Å². The van der Waals surface area contributed by atoms with Crippen LogP contribution in [0.15, 0.2) is 10.6 Å². The molecular formula is C13H18N4O2. The molecule has 1 aliphatic heterocycles. The van der Waals surface area contributed by atoms with Crippen molar-refractivity contribution in [1.29, 1.82) is 0 Å². The second-order valence-corrected chi connectivity index (χ2v) is 5.25. The molecule has 0 aliphatic carbocycles. The van der Waals surface area contributed by atoms with Gasteiger partial charge >= 0.3 is 0 Å². The number of rotatable bonds is 3. The molecule has 6 heteroatoms. The largest absolute Gasteiger partial charge is 0.381 e. The van der Waals surface area contributed by atoms with Gasteiger partial charge < -0.3 is 9.26 Å². The van der Waals surface area contributed by atoms with E-state index in [9.17, 15) is 0 Å². The fourth-order valence-corrected chi connectivity index (χ4v) is 2.21. The Kier molecular flexibility index (Phi) is 3.10. The number of aryl methyl sites for hydroxylation is 1. The lowest BCUT2D eigenvalue weighted by Gasteiger charge is -1.97.